The van der Waals surface area contributed by atoms with Crippen LogP contribution in [0.2, 0.25) is 0 Å². The highest BCUT2D eigenvalue weighted by Crippen LogP contribution is 2.28. The van der Waals surface area contributed by atoms with Crippen LogP contribution in [-0.2, 0) is 19.0 Å². The Morgan fingerprint density at radius 3 is 2.41 bits per heavy atom. The Bertz CT molecular complexity index is 1220. The molecule has 288 valence electrons. The molecule has 0 aromatic rings. The maximum absolute atomic E-state index is 13.4. The van der Waals surface area contributed by atoms with Gasteiger partial charge in [0, 0.05) is 50.6 Å². The van der Waals surface area contributed by atoms with Crippen molar-refractivity contribution in [1.29, 1.82) is 0 Å². The largest absolute Gasteiger partial charge is 0.457 e. The summed E-state index contributed by atoms with van der Waals surface area (Å²) in [5.74, 6) is -0.982. The van der Waals surface area contributed by atoms with Gasteiger partial charge in [-0.1, -0.05) is 63.8 Å². The number of hydrogen-bond donors (Lipinski definition) is 3. The summed E-state index contributed by atoms with van der Waals surface area (Å²) in [5.41, 5.74) is -0.726. The zero-order chi connectivity index (χ0) is 37.0. The molecule has 0 aromatic carbocycles. The number of aliphatic hydroxyl groups is 3. The standard InChI is InChI=1S/C39H63N3O9/c1-28(27-49-38(47)42-20-10-15-32(42)26-43)11-9-12-29(2)36-30(3)16-17-34(39(4,48)19-18-33(44)25-35(45)51-36)50-37(46)41-23-21-40(22-24-41)31-13-7-5-6-8-14-31/h9,11-12,16-17,28,30-34,36,43-44,48H,5-8,10,13-15,18-27H2,1-4H3/b11-9+,17-16+,29-12+/t28-,30+,32-,33+,34+,36-,39+/m1/s1. The summed E-state index contributed by atoms with van der Waals surface area (Å²) >= 11 is 0. The highest BCUT2D eigenvalue weighted by Gasteiger charge is 2.37. The molecule has 51 heavy (non-hydrogen) atoms. The van der Waals surface area contributed by atoms with Crippen LogP contribution in [0.25, 0.3) is 0 Å². The molecular weight excluding hydrogens is 654 g/mol. The Kier molecular flexibility index (Phi) is 15.8. The first-order valence-electron chi connectivity index (χ1n) is 19.2. The first-order chi connectivity index (χ1) is 24.4. The number of allylic oxidation sites excluding steroid dienone is 2. The molecule has 0 bridgehead atoms. The first kappa shape index (κ1) is 40.8. The van der Waals surface area contributed by atoms with E-state index in [0.717, 1.165) is 31.5 Å². The minimum atomic E-state index is -1.48. The van der Waals surface area contributed by atoms with Gasteiger partial charge in [0.15, 0.2) is 6.10 Å². The smallest absolute Gasteiger partial charge is 0.410 e. The van der Waals surface area contributed by atoms with Gasteiger partial charge in [-0.05, 0) is 64.0 Å². The van der Waals surface area contributed by atoms with Gasteiger partial charge in [0.05, 0.1) is 31.8 Å². The Hall–Kier alpha value is -2.93. The van der Waals surface area contributed by atoms with Gasteiger partial charge in [0.2, 0.25) is 0 Å². The molecule has 2 amide bonds. The molecule has 3 aliphatic heterocycles. The van der Waals surface area contributed by atoms with Crippen LogP contribution in [-0.4, -0.2) is 130 Å². The lowest BCUT2D eigenvalue weighted by molar-refractivity contribution is -0.151. The van der Waals surface area contributed by atoms with Crippen LogP contribution in [0.4, 0.5) is 9.59 Å². The van der Waals surface area contributed by atoms with Gasteiger partial charge in [-0.2, -0.15) is 0 Å². The average molecular weight is 718 g/mol. The molecule has 1 aliphatic carbocycles. The normalized spacial score (nSPS) is 32.4. The molecule has 4 rings (SSSR count). The lowest BCUT2D eigenvalue weighted by atomic mass is 9.89. The summed E-state index contributed by atoms with van der Waals surface area (Å²) < 4.78 is 17.4. The summed E-state index contributed by atoms with van der Waals surface area (Å²) in [6.45, 7) is 10.7. The van der Waals surface area contributed by atoms with E-state index in [2.05, 4.69) is 4.90 Å². The van der Waals surface area contributed by atoms with Gasteiger partial charge >= 0.3 is 18.2 Å². The van der Waals surface area contributed by atoms with E-state index < -0.39 is 42.1 Å². The fraction of sp³-hybridized carbons (Fsp3) is 0.769. The van der Waals surface area contributed by atoms with E-state index >= 15 is 0 Å². The minimum Gasteiger partial charge on any atom is -0.457 e. The van der Waals surface area contributed by atoms with Crippen molar-refractivity contribution < 1.29 is 43.9 Å². The molecule has 0 radical (unpaired) electrons. The van der Waals surface area contributed by atoms with Crippen molar-refractivity contribution >= 4 is 18.2 Å². The third-order valence-electron chi connectivity index (χ3n) is 11.0. The van der Waals surface area contributed by atoms with Crippen molar-refractivity contribution in [3.63, 3.8) is 0 Å². The Labute approximate surface area is 304 Å². The molecule has 3 fully saturated rings. The molecule has 12 heteroatoms. The molecule has 12 nitrogen and oxygen atoms in total. The maximum Gasteiger partial charge on any atom is 0.410 e. The fourth-order valence-electron chi connectivity index (χ4n) is 7.63. The van der Waals surface area contributed by atoms with Crippen LogP contribution in [0, 0.1) is 11.8 Å². The van der Waals surface area contributed by atoms with E-state index in [1.54, 1.807) is 22.8 Å². The van der Waals surface area contributed by atoms with Gasteiger partial charge in [0.1, 0.15) is 11.7 Å². The van der Waals surface area contributed by atoms with E-state index in [1.165, 1.54) is 38.5 Å². The Morgan fingerprint density at radius 2 is 1.73 bits per heavy atom. The fourth-order valence-corrected chi connectivity index (χ4v) is 7.63. The first-order valence-corrected chi connectivity index (χ1v) is 19.2. The summed E-state index contributed by atoms with van der Waals surface area (Å²) in [5, 5.41) is 31.7. The molecule has 3 N–H and O–H groups in total. The second-order valence-corrected chi connectivity index (χ2v) is 15.4. The molecule has 2 saturated heterocycles. The van der Waals surface area contributed by atoms with Crippen molar-refractivity contribution in [2.24, 2.45) is 11.8 Å². The zero-order valence-corrected chi connectivity index (χ0v) is 31.3. The van der Waals surface area contributed by atoms with E-state index in [4.69, 9.17) is 14.2 Å². The Morgan fingerprint density at radius 1 is 1.02 bits per heavy atom. The van der Waals surface area contributed by atoms with Gasteiger partial charge in [-0.25, -0.2) is 9.59 Å². The molecule has 0 spiro atoms. The van der Waals surface area contributed by atoms with Crippen LogP contribution in [0.5, 0.6) is 0 Å². The molecule has 4 aliphatic rings. The number of piperazine rings is 1. The van der Waals surface area contributed by atoms with E-state index in [1.807, 2.05) is 45.1 Å². The topological polar surface area (TPSA) is 149 Å². The minimum absolute atomic E-state index is 0.0735. The predicted octanol–water partition coefficient (Wildman–Crippen LogP) is 4.96. The molecular formula is C39H63N3O9. The number of hydrogen-bond acceptors (Lipinski definition) is 10. The number of carbonyl (C=O) groups is 3. The molecule has 0 unspecified atom stereocenters. The molecule has 1 saturated carbocycles. The SMILES string of the molecule is C/C(=C\C=C\[C@@H](C)COC(=O)N1CCC[C@@H]1CO)[C@H]1OC(=O)C[C@@H](O)CC[C@](C)(O)[C@@H](OC(=O)N2CCN(C3CCCCCC3)CC2)/C=C/[C@@H]1C. The van der Waals surface area contributed by atoms with Crippen molar-refractivity contribution in [3.8, 4) is 0 Å². The van der Waals surface area contributed by atoms with Crippen molar-refractivity contribution in [2.75, 3.05) is 45.9 Å². The lowest BCUT2D eigenvalue weighted by Gasteiger charge is -2.40. The lowest BCUT2D eigenvalue weighted by Crippen LogP contribution is -2.53. The number of cyclic esters (lactones) is 1. The number of amides is 2. The van der Waals surface area contributed by atoms with Crippen LogP contribution >= 0.6 is 0 Å². The number of ether oxygens (including phenoxy) is 3. The number of esters is 1. The zero-order valence-electron chi connectivity index (χ0n) is 31.3. The number of carbonyl (C=O) groups excluding carboxylic acids is 3. The van der Waals surface area contributed by atoms with Crippen molar-refractivity contribution in [3.05, 3.63) is 36.0 Å². The van der Waals surface area contributed by atoms with Crippen molar-refractivity contribution in [1.82, 2.24) is 14.7 Å². The van der Waals surface area contributed by atoms with Crippen LogP contribution in [0.15, 0.2) is 36.0 Å². The van der Waals surface area contributed by atoms with E-state index in [-0.39, 0.29) is 50.4 Å². The van der Waals surface area contributed by atoms with Crippen LogP contribution in [0.3, 0.4) is 0 Å². The van der Waals surface area contributed by atoms with E-state index in [0.29, 0.717) is 25.7 Å². The van der Waals surface area contributed by atoms with Crippen LogP contribution < -0.4 is 0 Å². The molecule has 3 heterocycles. The average Bonchev–Trinajstić information content (AvgIpc) is 3.43. The van der Waals surface area contributed by atoms with Gasteiger partial charge in [-0.3, -0.25) is 9.69 Å². The highest BCUT2D eigenvalue weighted by atomic mass is 16.6. The van der Waals surface area contributed by atoms with Crippen molar-refractivity contribution in [2.45, 2.75) is 134 Å². The molecule has 7 atom stereocenters. The van der Waals surface area contributed by atoms with Gasteiger partial charge < -0.3 is 39.3 Å². The van der Waals surface area contributed by atoms with Gasteiger partial charge in [-0.15, -0.1) is 0 Å². The van der Waals surface area contributed by atoms with Gasteiger partial charge in [0.25, 0.3) is 0 Å². The second-order valence-electron chi connectivity index (χ2n) is 15.4. The number of likely N-dealkylation sites (tertiary alicyclic amines) is 1. The quantitative estimate of drug-likeness (QED) is 0.103. The van der Waals surface area contributed by atoms with E-state index in [9.17, 15) is 29.7 Å². The summed E-state index contributed by atoms with van der Waals surface area (Å²) in [6, 6.07) is 0.391. The third-order valence-corrected chi connectivity index (χ3v) is 11.0. The highest BCUT2D eigenvalue weighted by molar-refractivity contribution is 5.70. The summed E-state index contributed by atoms with van der Waals surface area (Å²) in [7, 11) is 0. The Balaban J connectivity index is 1.39. The third kappa shape index (κ3) is 12.3. The summed E-state index contributed by atoms with van der Waals surface area (Å²) in [6.07, 6.45) is 14.7. The second kappa shape index (κ2) is 19.8. The van der Waals surface area contributed by atoms with Crippen LogP contribution in [0.1, 0.15) is 98.3 Å². The number of rotatable bonds is 8. The molecule has 0 aromatic heterocycles. The number of nitrogens with zero attached hydrogens (tertiary/aromatic N) is 3. The maximum atomic E-state index is 13.4. The predicted molar refractivity (Wildman–Crippen MR) is 194 cm³/mol. The summed E-state index contributed by atoms with van der Waals surface area (Å²) in [4.78, 5) is 44.6. The number of aliphatic hydroxyl groups excluding tert-OH is 2. The monoisotopic (exact) mass is 717 g/mol.